The fraction of sp³-hybridized carbons (Fsp3) is 0.0476. The molecule has 0 atom stereocenters. The molecule has 0 unspecified atom stereocenters. The third kappa shape index (κ3) is 3.95. The molecule has 5 nitrogen and oxygen atoms in total. The fourth-order valence-electron chi connectivity index (χ4n) is 3.09. The zero-order valence-corrected chi connectivity index (χ0v) is 16.0. The number of rotatable bonds is 3. The molecular formula is C21H14ClF3N4O. The molecular weight excluding hydrogens is 417 g/mol. The van der Waals surface area contributed by atoms with Crippen LogP contribution >= 0.6 is 11.6 Å². The summed E-state index contributed by atoms with van der Waals surface area (Å²) < 4.78 is 38.0. The van der Waals surface area contributed by atoms with Gasteiger partial charge >= 0.3 is 12.2 Å². The van der Waals surface area contributed by atoms with E-state index >= 15 is 0 Å². The number of aromatic amines is 1. The molecule has 0 aliphatic rings. The Labute approximate surface area is 173 Å². The molecule has 2 amide bonds. The van der Waals surface area contributed by atoms with Gasteiger partial charge in [-0.25, -0.2) is 9.78 Å². The van der Waals surface area contributed by atoms with E-state index in [4.69, 9.17) is 11.6 Å². The Bertz CT molecular complexity index is 1220. The SMILES string of the molecule is O=C(Nc1ccc(C(F)(F)F)cc1)Nc1c[nH]c2nccc(-c3ccccc3Cl)c12. The lowest BCUT2D eigenvalue weighted by atomic mass is 10.0. The van der Waals surface area contributed by atoms with Gasteiger partial charge in [0.1, 0.15) is 5.65 Å². The summed E-state index contributed by atoms with van der Waals surface area (Å²) in [7, 11) is 0. The van der Waals surface area contributed by atoms with Gasteiger partial charge in [-0.05, 0) is 42.0 Å². The Hall–Kier alpha value is -3.52. The van der Waals surface area contributed by atoms with Crippen LogP contribution in [0.4, 0.5) is 29.3 Å². The van der Waals surface area contributed by atoms with Crippen molar-refractivity contribution >= 4 is 40.0 Å². The molecule has 0 bridgehead atoms. The second-order valence-electron chi connectivity index (χ2n) is 6.42. The predicted octanol–water partition coefficient (Wildman–Crippen LogP) is 6.55. The monoisotopic (exact) mass is 430 g/mol. The van der Waals surface area contributed by atoms with Crippen LogP contribution in [0.1, 0.15) is 5.56 Å². The summed E-state index contributed by atoms with van der Waals surface area (Å²) in [6.45, 7) is 0. The van der Waals surface area contributed by atoms with Crippen molar-refractivity contribution in [1.29, 1.82) is 0 Å². The highest BCUT2D eigenvalue weighted by Gasteiger charge is 2.30. The number of carbonyl (C=O) groups is 1. The molecule has 0 aliphatic carbocycles. The van der Waals surface area contributed by atoms with Crippen molar-refractivity contribution < 1.29 is 18.0 Å². The van der Waals surface area contributed by atoms with E-state index in [1.807, 2.05) is 18.2 Å². The minimum Gasteiger partial charge on any atom is -0.344 e. The van der Waals surface area contributed by atoms with Crippen LogP contribution in [0, 0.1) is 0 Å². The molecule has 0 radical (unpaired) electrons. The van der Waals surface area contributed by atoms with Gasteiger partial charge in [-0.2, -0.15) is 13.2 Å². The van der Waals surface area contributed by atoms with Crippen LogP contribution in [0.15, 0.2) is 67.0 Å². The van der Waals surface area contributed by atoms with Gasteiger partial charge in [0.15, 0.2) is 0 Å². The van der Waals surface area contributed by atoms with E-state index in [1.165, 1.54) is 12.1 Å². The molecule has 30 heavy (non-hydrogen) atoms. The average molecular weight is 431 g/mol. The number of H-pyrrole nitrogens is 1. The topological polar surface area (TPSA) is 69.8 Å². The number of anilines is 2. The Morgan fingerprint density at radius 2 is 1.70 bits per heavy atom. The van der Waals surface area contributed by atoms with Crippen molar-refractivity contribution in [2.75, 3.05) is 10.6 Å². The van der Waals surface area contributed by atoms with Crippen LogP contribution in [0.25, 0.3) is 22.2 Å². The highest BCUT2D eigenvalue weighted by Crippen LogP contribution is 2.36. The molecule has 4 rings (SSSR count). The van der Waals surface area contributed by atoms with Gasteiger partial charge in [0, 0.05) is 28.7 Å². The molecule has 0 fully saturated rings. The number of urea groups is 1. The normalized spacial score (nSPS) is 11.5. The number of halogens is 4. The maximum absolute atomic E-state index is 12.7. The highest BCUT2D eigenvalue weighted by atomic mass is 35.5. The van der Waals surface area contributed by atoms with E-state index < -0.39 is 17.8 Å². The van der Waals surface area contributed by atoms with E-state index in [1.54, 1.807) is 24.5 Å². The minimum atomic E-state index is -4.44. The number of amides is 2. The Balaban J connectivity index is 1.60. The lowest BCUT2D eigenvalue weighted by Gasteiger charge is -2.11. The number of fused-ring (bicyclic) bond motifs is 1. The summed E-state index contributed by atoms with van der Waals surface area (Å²) in [6, 6.07) is 12.7. The first kappa shape index (κ1) is 19.8. The van der Waals surface area contributed by atoms with Crippen molar-refractivity contribution in [2.24, 2.45) is 0 Å². The highest BCUT2D eigenvalue weighted by molar-refractivity contribution is 6.33. The van der Waals surface area contributed by atoms with E-state index in [0.717, 1.165) is 23.3 Å². The first-order chi connectivity index (χ1) is 14.3. The van der Waals surface area contributed by atoms with Crippen molar-refractivity contribution in [3.8, 4) is 11.1 Å². The lowest BCUT2D eigenvalue weighted by Crippen LogP contribution is -2.19. The first-order valence-electron chi connectivity index (χ1n) is 8.79. The Kier molecular flexibility index (Phi) is 5.09. The second-order valence-corrected chi connectivity index (χ2v) is 6.83. The lowest BCUT2D eigenvalue weighted by molar-refractivity contribution is -0.137. The summed E-state index contributed by atoms with van der Waals surface area (Å²) in [6.07, 6.45) is -1.22. The van der Waals surface area contributed by atoms with Gasteiger partial charge in [0.2, 0.25) is 0 Å². The molecule has 152 valence electrons. The zero-order chi connectivity index (χ0) is 21.3. The maximum Gasteiger partial charge on any atom is 0.416 e. The third-order valence-corrected chi connectivity index (χ3v) is 4.79. The second kappa shape index (κ2) is 7.72. The van der Waals surface area contributed by atoms with Gasteiger partial charge in [0.05, 0.1) is 16.6 Å². The van der Waals surface area contributed by atoms with Crippen LogP contribution in [0.5, 0.6) is 0 Å². The molecule has 3 N–H and O–H groups in total. The van der Waals surface area contributed by atoms with Crippen molar-refractivity contribution in [3.63, 3.8) is 0 Å². The van der Waals surface area contributed by atoms with E-state index in [2.05, 4.69) is 20.6 Å². The number of hydrogen-bond acceptors (Lipinski definition) is 2. The van der Waals surface area contributed by atoms with Gasteiger partial charge in [-0.15, -0.1) is 0 Å². The summed E-state index contributed by atoms with van der Waals surface area (Å²) in [5.74, 6) is 0. The third-order valence-electron chi connectivity index (χ3n) is 4.46. The van der Waals surface area contributed by atoms with E-state index in [0.29, 0.717) is 21.7 Å². The van der Waals surface area contributed by atoms with Crippen molar-refractivity contribution in [1.82, 2.24) is 9.97 Å². The molecule has 2 heterocycles. The molecule has 2 aromatic carbocycles. The van der Waals surface area contributed by atoms with Crippen LogP contribution in [0.3, 0.4) is 0 Å². The number of hydrogen-bond donors (Lipinski definition) is 3. The number of pyridine rings is 1. The maximum atomic E-state index is 12.7. The molecule has 4 aromatic rings. The summed E-state index contributed by atoms with van der Waals surface area (Å²) in [5.41, 5.74) is 1.99. The largest absolute Gasteiger partial charge is 0.416 e. The molecule has 0 spiro atoms. The van der Waals surface area contributed by atoms with Gasteiger partial charge in [-0.3, -0.25) is 0 Å². The number of nitrogens with zero attached hydrogens (tertiary/aromatic N) is 1. The number of carbonyl (C=O) groups excluding carboxylic acids is 1. The van der Waals surface area contributed by atoms with E-state index in [9.17, 15) is 18.0 Å². The van der Waals surface area contributed by atoms with Crippen molar-refractivity contribution in [3.05, 3.63) is 77.6 Å². The Morgan fingerprint density at radius 1 is 0.967 bits per heavy atom. The summed E-state index contributed by atoms with van der Waals surface area (Å²) in [4.78, 5) is 19.7. The minimum absolute atomic E-state index is 0.227. The molecule has 0 aliphatic heterocycles. The molecule has 0 saturated heterocycles. The quantitative estimate of drug-likeness (QED) is 0.345. The zero-order valence-electron chi connectivity index (χ0n) is 15.2. The Morgan fingerprint density at radius 3 is 2.40 bits per heavy atom. The molecule has 9 heteroatoms. The van der Waals surface area contributed by atoms with Crippen LogP contribution in [-0.4, -0.2) is 16.0 Å². The predicted molar refractivity (Wildman–Crippen MR) is 111 cm³/mol. The number of benzene rings is 2. The smallest absolute Gasteiger partial charge is 0.344 e. The average Bonchev–Trinajstić information content (AvgIpc) is 3.11. The molecule has 2 aromatic heterocycles. The summed E-state index contributed by atoms with van der Waals surface area (Å²) >= 11 is 6.33. The molecule has 0 saturated carbocycles. The standard InChI is InChI=1S/C21H14ClF3N4O/c22-16-4-2-1-3-14(16)15-9-10-26-19-18(15)17(11-27-19)29-20(30)28-13-7-5-12(6-8-13)21(23,24)25/h1-11H,(H,26,27)(H2,28,29,30). The first-order valence-corrected chi connectivity index (χ1v) is 9.17. The van der Waals surface area contributed by atoms with Crippen molar-refractivity contribution in [2.45, 2.75) is 6.18 Å². The number of aromatic nitrogens is 2. The van der Waals surface area contributed by atoms with Crippen LogP contribution in [0.2, 0.25) is 5.02 Å². The fourth-order valence-corrected chi connectivity index (χ4v) is 3.32. The van der Waals surface area contributed by atoms with Crippen LogP contribution in [-0.2, 0) is 6.18 Å². The number of nitrogens with one attached hydrogen (secondary N) is 3. The van der Waals surface area contributed by atoms with Crippen LogP contribution < -0.4 is 10.6 Å². The van der Waals surface area contributed by atoms with Gasteiger partial charge < -0.3 is 15.6 Å². The number of alkyl halides is 3. The summed E-state index contributed by atoms with van der Waals surface area (Å²) in [5, 5.41) is 6.43. The van der Waals surface area contributed by atoms with E-state index in [-0.39, 0.29) is 5.69 Å². The van der Waals surface area contributed by atoms with Gasteiger partial charge in [-0.1, -0.05) is 29.8 Å². The van der Waals surface area contributed by atoms with Gasteiger partial charge in [0.25, 0.3) is 0 Å².